The smallest absolute Gasteiger partial charge is 0.338 e. The van der Waals surface area contributed by atoms with Crippen LogP contribution in [0.25, 0.3) is 11.4 Å². The van der Waals surface area contributed by atoms with Crippen LogP contribution in [0.2, 0.25) is 0 Å². The minimum absolute atomic E-state index is 0.106. The van der Waals surface area contributed by atoms with Crippen LogP contribution in [0.5, 0.6) is 0 Å². The quantitative estimate of drug-likeness (QED) is 0.138. The van der Waals surface area contributed by atoms with Gasteiger partial charge in [-0.2, -0.15) is 5.26 Å². The molecule has 5 nitrogen and oxygen atoms in total. The van der Waals surface area contributed by atoms with Gasteiger partial charge in [0, 0.05) is 18.0 Å². The van der Waals surface area contributed by atoms with Crippen molar-refractivity contribution in [3.63, 3.8) is 0 Å². The van der Waals surface area contributed by atoms with Crippen LogP contribution in [0, 0.1) is 16.7 Å². The molecule has 0 N–H and O–H groups in total. The topological polar surface area (TPSA) is 75.9 Å². The second-order valence-corrected chi connectivity index (χ2v) is 11.9. The summed E-state index contributed by atoms with van der Waals surface area (Å²) in [5.74, 6) is 0.386. The molecule has 1 saturated carbocycles. The molecule has 0 spiro atoms. The monoisotopic (exact) mass is 545 g/mol. The first-order valence-electron chi connectivity index (χ1n) is 16.1. The van der Waals surface area contributed by atoms with Gasteiger partial charge in [-0.3, -0.25) is 0 Å². The molecule has 218 valence electrons. The Hall–Kier alpha value is -2.74. The van der Waals surface area contributed by atoms with E-state index in [4.69, 9.17) is 4.74 Å². The zero-order valence-electron chi connectivity index (χ0n) is 25.1. The summed E-state index contributed by atoms with van der Waals surface area (Å²) in [6, 6.07) is 10.00. The molecule has 1 aromatic carbocycles. The number of unbranched alkanes of at least 4 members (excludes halogenated alkanes) is 11. The summed E-state index contributed by atoms with van der Waals surface area (Å²) in [7, 11) is 0. The fraction of sp³-hybridized carbons (Fsp3) is 0.657. The number of esters is 1. The van der Waals surface area contributed by atoms with E-state index in [2.05, 4.69) is 29.9 Å². The van der Waals surface area contributed by atoms with E-state index in [1.165, 1.54) is 82.6 Å². The van der Waals surface area contributed by atoms with Gasteiger partial charge in [0.1, 0.15) is 6.10 Å². The molecule has 0 saturated heterocycles. The number of ether oxygens (including phenoxy) is 1. The number of aryl methyl sites for hydroxylation is 1. The molecule has 1 aliphatic rings. The first-order chi connectivity index (χ1) is 19.6. The number of nitrogens with zero attached hydrogens (tertiary/aromatic N) is 3. The minimum Gasteiger partial charge on any atom is -0.459 e. The molecule has 1 heterocycles. The van der Waals surface area contributed by atoms with Crippen LogP contribution < -0.4 is 0 Å². The fourth-order valence-electron chi connectivity index (χ4n) is 5.82. The summed E-state index contributed by atoms with van der Waals surface area (Å²) in [6.45, 7) is 4.48. The molecule has 3 rings (SSSR count). The van der Waals surface area contributed by atoms with Gasteiger partial charge in [0.05, 0.1) is 17.0 Å². The van der Waals surface area contributed by atoms with E-state index in [1.54, 1.807) is 12.1 Å². The lowest BCUT2D eigenvalue weighted by Gasteiger charge is -2.34. The fourth-order valence-corrected chi connectivity index (χ4v) is 5.82. The van der Waals surface area contributed by atoms with E-state index in [-0.39, 0.29) is 17.5 Å². The highest BCUT2D eigenvalue weighted by atomic mass is 16.5. The summed E-state index contributed by atoms with van der Waals surface area (Å²) < 4.78 is 5.83. The Morgan fingerprint density at radius 3 is 1.98 bits per heavy atom. The average Bonchev–Trinajstić information content (AvgIpc) is 3.00. The summed E-state index contributed by atoms with van der Waals surface area (Å²) >= 11 is 0. The van der Waals surface area contributed by atoms with Crippen LogP contribution >= 0.6 is 0 Å². The van der Waals surface area contributed by atoms with Crippen molar-refractivity contribution in [2.45, 2.75) is 142 Å². The highest BCUT2D eigenvalue weighted by Crippen LogP contribution is 2.41. The molecular formula is C35H51N3O2. The predicted octanol–water partition coefficient (Wildman–Crippen LogP) is 9.80. The molecule has 5 heteroatoms. The number of aromatic nitrogens is 2. The van der Waals surface area contributed by atoms with Crippen molar-refractivity contribution < 1.29 is 9.53 Å². The third-order valence-corrected chi connectivity index (χ3v) is 8.56. The van der Waals surface area contributed by atoms with E-state index < -0.39 is 0 Å². The van der Waals surface area contributed by atoms with Gasteiger partial charge in [-0.05, 0) is 62.6 Å². The first-order valence-corrected chi connectivity index (χ1v) is 16.1. The van der Waals surface area contributed by atoms with Gasteiger partial charge in [-0.15, -0.1) is 0 Å². The van der Waals surface area contributed by atoms with Gasteiger partial charge < -0.3 is 4.74 Å². The van der Waals surface area contributed by atoms with Crippen LogP contribution in [0.3, 0.4) is 0 Å². The zero-order valence-corrected chi connectivity index (χ0v) is 25.1. The number of rotatable bonds is 18. The number of carbonyl (C=O) groups is 1. The zero-order chi connectivity index (χ0) is 28.5. The molecule has 0 amide bonds. The minimum atomic E-state index is -0.290. The lowest BCUT2D eigenvalue weighted by atomic mass is 9.71. The van der Waals surface area contributed by atoms with Crippen LogP contribution in [-0.4, -0.2) is 22.0 Å². The maximum atomic E-state index is 12.8. The van der Waals surface area contributed by atoms with Crippen LogP contribution in [0.4, 0.5) is 0 Å². The summed E-state index contributed by atoms with van der Waals surface area (Å²) in [4.78, 5) is 21.9. The van der Waals surface area contributed by atoms with Gasteiger partial charge in [0.2, 0.25) is 0 Å². The van der Waals surface area contributed by atoms with E-state index >= 15 is 0 Å². The molecule has 0 unspecified atom stereocenters. The molecule has 0 atom stereocenters. The van der Waals surface area contributed by atoms with Gasteiger partial charge >= 0.3 is 5.97 Å². The number of nitriles is 1. The highest BCUT2D eigenvalue weighted by molar-refractivity contribution is 5.90. The van der Waals surface area contributed by atoms with Crippen molar-refractivity contribution in [2.24, 2.45) is 5.41 Å². The van der Waals surface area contributed by atoms with Crippen molar-refractivity contribution in [2.75, 3.05) is 0 Å². The lowest BCUT2D eigenvalue weighted by Crippen LogP contribution is -2.31. The van der Waals surface area contributed by atoms with E-state index in [9.17, 15) is 10.1 Å². The van der Waals surface area contributed by atoms with E-state index in [1.807, 2.05) is 24.5 Å². The Morgan fingerprint density at radius 2 is 1.40 bits per heavy atom. The van der Waals surface area contributed by atoms with Crippen molar-refractivity contribution >= 4 is 5.97 Å². The molecule has 1 fully saturated rings. The van der Waals surface area contributed by atoms with Crippen LogP contribution in [0.1, 0.15) is 145 Å². The van der Waals surface area contributed by atoms with Gasteiger partial charge in [-0.25, -0.2) is 14.8 Å². The molecule has 0 aliphatic heterocycles. The molecule has 2 aromatic rings. The van der Waals surface area contributed by atoms with Crippen molar-refractivity contribution in [3.8, 4) is 17.5 Å². The van der Waals surface area contributed by atoms with Crippen LogP contribution in [0.15, 0.2) is 36.7 Å². The number of benzene rings is 1. The normalized spacial score (nSPS) is 18.8. The number of carbonyl (C=O) groups excluding carboxylic acids is 1. The Labute approximate surface area is 243 Å². The summed E-state index contributed by atoms with van der Waals surface area (Å²) in [5.41, 5.74) is 2.38. The lowest BCUT2D eigenvalue weighted by molar-refractivity contribution is 0.0105. The second kappa shape index (κ2) is 17.8. The highest BCUT2D eigenvalue weighted by Gasteiger charge is 2.36. The van der Waals surface area contributed by atoms with Crippen LogP contribution in [-0.2, 0) is 11.2 Å². The SMILES string of the molecule is CCCCCCCCCCc1cnc(-c2ccc(C(=O)OC3CCC(C#N)(CCCCCCC)CC3)cc2)nc1. The third-order valence-electron chi connectivity index (χ3n) is 8.56. The summed E-state index contributed by atoms with van der Waals surface area (Å²) in [6.07, 6.45) is 25.6. The standard InChI is InChI=1S/C35H51N3O2/c1-3-5-7-9-10-11-12-14-16-29-26-37-33(38-27-29)30-17-19-31(20-18-30)34(39)40-32-21-24-35(28-36,25-22-32)23-15-13-8-6-4-2/h17-20,26-27,32H,3-16,21-25H2,1-2H3. The summed E-state index contributed by atoms with van der Waals surface area (Å²) in [5, 5.41) is 9.85. The Bertz CT molecular complexity index is 1020. The van der Waals surface area contributed by atoms with Crippen molar-refractivity contribution in [3.05, 3.63) is 47.8 Å². The second-order valence-electron chi connectivity index (χ2n) is 11.9. The molecule has 0 radical (unpaired) electrons. The largest absolute Gasteiger partial charge is 0.459 e. The number of hydrogen-bond donors (Lipinski definition) is 0. The van der Waals surface area contributed by atoms with Gasteiger partial charge in [0.25, 0.3) is 0 Å². The molecule has 40 heavy (non-hydrogen) atoms. The van der Waals surface area contributed by atoms with E-state index in [0.29, 0.717) is 11.4 Å². The number of hydrogen-bond acceptors (Lipinski definition) is 5. The average molecular weight is 546 g/mol. The maximum absolute atomic E-state index is 12.8. The van der Waals surface area contributed by atoms with Crippen molar-refractivity contribution in [1.82, 2.24) is 9.97 Å². The van der Waals surface area contributed by atoms with Crippen molar-refractivity contribution in [1.29, 1.82) is 5.26 Å². The van der Waals surface area contributed by atoms with Gasteiger partial charge in [0.15, 0.2) is 5.82 Å². The molecule has 1 aliphatic carbocycles. The first kappa shape index (κ1) is 31.8. The Morgan fingerprint density at radius 1 is 0.850 bits per heavy atom. The predicted molar refractivity (Wildman–Crippen MR) is 163 cm³/mol. The van der Waals surface area contributed by atoms with Gasteiger partial charge in [-0.1, -0.05) is 103 Å². The Kier molecular flexibility index (Phi) is 14.2. The third kappa shape index (κ3) is 10.7. The van der Waals surface area contributed by atoms with E-state index in [0.717, 1.165) is 50.5 Å². The maximum Gasteiger partial charge on any atom is 0.338 e. The molecule has 1 aromatic heterocycles. The molecular weight excluding hydrogens is 494 g/mol. The molecule has 0 bridgehead atoms. The Balaban J connectivity index is 1.39.